The largest absolute Gasteiger partial charge is 0.504 e. The topological polar surface area (TPSA) is 79.2 Å². The molecule has 6 nitrogen and oxygen atoms in total. The van der Waals surface area contributed by atoms with E-state index in [0.717, 1.165) is 25.9 Å². The van der Waals surface area contributed by atoms with Gasteiger partial charge in [0.25, 0.3) is 5.91 Å². The molecule has 1 amide bonds. The Bertz CT molecular complexity index is 729. The highest BCUT2D eigenvalue weighted by molar-refractivity contribution is 5.95. The third-order valence-corrected chi connectivity index (χ3v) is 3.99. The number of carbonyl (C=O) groups excluding carboxylic acids is 1. The molecule has 130 valence electrons. The fourth-order valence-corrected chi connectivity index (χ4v) is 2.75. The van der Waals surface area contributed by atoms with Crippen LogP contribution in [0.2, 0.25) is 0 Å². The molecular formula is C16H20ClFN4O2. The Hall–Kier alpha value is -2.12. The average Bonchev–Trinajstić information content (AvgIpc) is 2.90. The van der Waals surface area contributed by atoms with Crippen LogP contribution in [0.4, 0.5) is 4.39 Å². The van der Waals surface area contributed by atoms with Gasteiger partial charge in [-0.1, -0.05) is 0 Å². The maximum absolute atomic E-state index is 13.2. The number of amides is 1. The summed E-state index contributed by atoms with van der Waals surface area (Å²) >= 11 is 0. The molecule has 8 heteroatoms. The van der Waals surface area contributed by atoms with Gasteiger partial charge in [-0.25, -0.2) is 9.07 Å². The third kappa shape index (κ3) is 3.85. The van der Waals surface area contributed by atoms with E-state index >= 15 is 0 Å². The molecular weight excluding hydrogens is 335 g/mol. The van der Waals surface area contributed by atoms with Crippen LogP contribution in [0, 0.1) is 12.7 Å². The first kappa shape index (κ1) is 18.2. The number of nitrogens with one attached hydrogen (secondary N) is 2. The highest BCUT2D eigenvalue weighted by Crippen LogP contribution is 2.21. The summed E-state index contributed by atoms with van der Waals surface area (Å²) in [5, 5.41) is 20.3. The molecule has 3 rings (SSSR count). The Morgan fingerprint density at radius 2 is 2.12 bits per heavy atom. The van der Waals surface area contributed by atoms with Gasteiger partial charge in [0.05, 0.1) is 11.9 Å². The summed E-state index contributed by atoms with van der Waals surface area (Å²) in [5.74, 6) is -0.931. The van der Waals surface area contributed by atoms with E-state index in [9.17, 15) is 14.3 Å². The molecule has 0 bridgehead atoms. The second-order valence-electron chi connectivity index (χ2n) is 5.74. The number of carbonyl (C=O) groups is 1. The molecule has 0 unspecified atom stereocenters. The number of aryl methyl sites for hydroxylation is 1. The maximum Gasteiger partial charge on any atom is 0.275 e. The third-order valence-electron chi connectivity index (χ3n) is 3.99. The lowest BCUT2D eigenvalue weighted by Gasteiger charge is -2.23. The van der Waals surface area contributed by atoms with E-state index in [1.165, 1.54) is 23.0 Å². The molecule has 0 saturated carbocycles. The molecule has 3 N–H and O–H groups in total. The number of aromatic hydroxyl groups is 1. The molecule has 1 aromatic carbocycles. The first-order valence-corrected chi connectivity index (χ1v) is 7.61. The normalized spacial score (nSPS) is 14.9. The fourth-order valence-electron chi connectivity index (χ4n) is 2.75. The Balaban J connectivity index is 0.00000208. The molecule has 2 aromatic rings. The average molecular weight is 355 g/mol. The summed E-state index contributed by atoms with van der Waals surface area (Å²) in [6.45, 7) is 3.46. The van der Waals surface area contributed by atoms with Gasteiger partial charge in [0.1, 0.15) is 5.82 Å². The van der Waals surface area contributed by atoms with Gasteiger partial charge in [-0.3, -0.25) is 4.79 Å². The Morgan fingerprint density at radius 3 is 2.79 bits per heavy atom. The van der Waals surface area contributed by atoms with E-state index in [2.05, 4.69) is 15.7 Å². The standard InChI is InChI=1S/C16H19FN4O2.ClH/c1-10-8-11(17)2-3-13(10)21-9-14(22)15(20-21)16(23)19-12-4-6-18-7-5-12;/h2-3,8-9,12,18,22H,4-7H2,1H3,(H,19,23);1H. The Morgan fingerprint density at radius 1 is 1.42 bits per heavy atom. The van der Waals surface area contributed by atoms with Gasteiger partial charge < -0.3 is 15.7 Å². The minimum atomic E-state index is -0.395. The lowest BCUT2D eigenvalue weighted by Crippen LogP contribution is -2.42. The molecule has 0 radical (unpaired) electrons. The van der Waals surface area contributed by atoms with E-state index in [-0.39, 0.29) is 35.7 Å². The van der Waals surface area contributed by atoms with Crippen LogP contribution in [-0.4, -0.2) is 39.9 Å². The highest BCUT2D eigenvalue weighted by atomic mass is 35.5. The zero-order chi connectivity index (χ0) is 16.4. The van der Waals surface area contributed by atoms with Gasteiger partial charge in [-0.05, 0) is 56.6 Å². The minimum absolute atomic E-state index is 0. The molecule has 1 aliphatic rings. The van der Waals surface area contributed by atoms with Gasteiger partial charge in [-0.2, -0.15) is 5.10 Å². The summed E-state index contributed by atoms with van der Waals surface area (Å²) in [7, 11) is 0. The van der Waals surface area contributed by atoms with Crippen molar-refractivity contribution in [1.82, 2.24) is 20.4 Å². The molecule has 1 fully saturated rings. The van der Waals surface area contributed by atoms with Crippen LogP contribution in [-0.2, 0) is 0 Å². The van der Waals surface area contributed by atoms with E-state index in [1.807, 2.05) is 0 Å². The SMILES string of the molecule is Cc1cc(F)ccc1-n1cc(O)c(C(=O)NC2CCNCC2)n1.Cl. The summed E-state index contributed by atoms with van der Waals surface area (Å²) < 4.78 is 14.6. The van der Waals surface area contributed by atoms with Crippen LogP contribution in [0.3, 0.4) is 0 Å². The quantitative estimate of drug-likeness (QED) is 0.787. The number of rotatable bonds is 3. The molecule has 2 heterocycles. The molecule has 1 aromatic heterocycles. The van der Waals surface area contributed by atoms with Crippen LogP contribution in [0.1, 0.15) is 28.9 Å². The first-order chi connectivity index (χ1) is 11.0. The van der Waals surface area contributed by atoms with Gasteiger partial charge in [-0.15, -0.1) is 12.4 Å². The van der Waals surface area contributed by atoms with E-state index < -0.39 is 5.91 Å². The maximum atomic E-state index is 13.2. The summed E-state index contributed by atoms with van der Waals surface area (Å²) in [6, 6.07) is 4.34. The summed E-state index contributed by atoms with van der Waals surface area (Å²) in [4.78, 5) is 12.3. The fraction of sp³-hybridized carbons (Fsp3) is 0.375. The molecule has 1 saturated heterocycles. The first-order valence-electron chi connectivity index (χ1n) is 7.61. The lowest BCUT2D eigenvalue weighted by atomic mass is 10.1. The van der Waals surface area contributed by atoms with E-state index in [0.29, 0.717) is 11.3 Å². The molecule has 0 spiro atoms. The van der Waals surface area contributed by atoms with Gasteiger partial charge in [0.15, 0.2) is 11.4 Å². The number of nitrogens with zero attached hydrogens (tertiary/aromatic N) is 2. The zero-order valence-electron chi connectivity index (χ0n) is 13.3. The van der Waals surface area contributed by atoms with Crippen molar-refractivity contribution in [3.63, 3.8) is 0 Å². The lowest BCUT2D eigenvalue weighted by molar-refractivity contribution is 0.0921. The summed E-state index contributed by atoms with van der Waals surface area (Å²) in [6.07, 6.45) is 3.06. The number of benzene rings is 1. The number of hydrogen-bond donors (Lipinski definition) is 3. The van der Waals surface area contributed by atoms with Crippen molar-refractivity contribution in [2.45, 2.75) is 25.8 Å². The molecule has 0 aliphatic carbocycles. The second kappa shape index (κ2) is 7.63. The van der Waals surface area contributed by atoms with Gasteiger partial charge in [0, 0.05) is 6.04 Å². The van der Waals surface area contributed by atoms with Crippen molar-refractivity contribution in [3.05, 3.63) is 41.5 Å². The van der Waals surface area contributed by atoms with Crippen LogP contribution < -0.4 is 10.6 Å². The smallest absolute Gasteiger partial charge is 0.275 e. The predicted octanol–water partition coefficient (Wildman–Crippen LogP) is 1.93. The van der Waals surface area contributed by atoms with Gasteiger partial charge >= 0.3 is 0 Å². The Kier molecular flexibility index (Phi) is 5.80. The van der Waals surface area contributed by atoms with Crippen molar-refractivity contribution in [2.24, 2.45) is 0 Å². The molecule has 0 atom stereocenters. The van der Waals surface area contributed by atoms with Gasteiger partial charge in [0.2, 0.25) is 0 Å². The van der Waals surface area contributed by atoms with Crippen molar-refractivity contribution >= 4 is 18.3 Å². The Labute approximate surface area is 145 Å². The van der Waals surface area contributed by atoms with Crippen LogP contribution in [0.25, 0.3) is 5.69 Å². The van der Waals surface area contributed by atoms with Crippen molar-refractivity contribution in [1.29, 1.82) is 0 Å². The van der Waals surface area contributed by atoms with Crippen molar-refractivity contribution in [3.8, 4) is 11.4 Å². The van der Waals surface area contributed by atoms with E-state index in [1.54, 1.807) is 13.0 Å². The summed E-state index contributed by atoms with van der Waals surface area (Å²) in [5.41, 5.74) is 1.26. The van der Waals surface area contributed by atoms with E-state index in [4.69, 9.17) is 0 Å². The zero-order valence-corrected chi connectivity index (χ0v) is 14.1. The predicted molar refractivity (Wildman–Crippen MR) is 90.5 cm³/mol. The number of piperidine rings is 1. The molecule has 1 aliphatic heterocycles. The molecule has 24 heavy (non-hydrogen) atoms. The monoisotopic (exact) mass is 354 g/mol. The van der Waals surface area contributed by atoms with Crippen LogP contribution in [0.15, 0.2) is 24.4 Å². The highest BCUT2D eigenvalue weighted by Gasteiger charge is 2.22. The number of hydrogen-bond acceptors (Lipinski definition) is 4. The van der Waals surface area contributed by atoms with Crippen molar-refractivity contribution < 1.29 is 14.3 Å². The second-order valence-corrected chi connectivity index (χ2v) is 5.74. The van der Waals surface area contributed by atoms with Crippen molar-refractivity contribution in [2.75, 3.05) is 13.1 Å². The van der Waals surface area contributed by atoms with Crippen LogP contribution in [0.5, 0.6) is 5.75 Å². The van der Waals surface area contributed by atoms with Crippen LogP contribution >= 0.6 is 12.4 Å². The number of aromatic nitrogens is 2. The minimum Gasteiger partial charge on any atom is -0.504 e. The number of halogens is 2.